The molecule has 1 aliphatic heterocycles. The quantitative estimate of drug-likeness (QED) is 0.228. The fourth-order valence-electron chi connectivity index (χ4n) is 3.23. The number of alkyl halides is 3. The highest BCUT2D eigenvalue weighted by atomic mass is 127. The number of aliphatic imine (C=N–C) groups is 1. The summed E-state index contributed by atoms with van der Waals surface area (Å²) in [7, 11) is 1.54. The largest absolute Gasteiger partial charge is 0.484 e. The maximum absolute atomic E-state index is 12.5. The number of imide groups is 1. The second-order valence-corrected chi connectivity index (χ2v) is 7.18. The van der Waals surface area contributed by atoms with Crippen LogP contribution < -0.4 is 15.4 Å². The number of ether oxygens (including phenoxy) is 1. The Balaban J connectivity index is 0.00000385. The zero-order valence-electron chi connectivity index (χ0n) is 18.0. The van der Waals surface area contributed by atoms with Gasteiger partial charge < -0.3 is 15.4 Å². The average molecular weight is 576 g/mol. The Hall–Kier alpha value is -2.83. The third kappa shape index (κ3) is 6.83. The van der Waals surface area contributed by atoms with Gasteiger partial charge in [0.15, 0.2) is 12.6 Å². The number of carbonyl (C=O) groups excluding carboxylic acids is 2. The Labute approximate surface area is 206 Å². The SMILES string of the molecule is CN=C(NCCN1C(=O)c2ccccc2C1=O)NCc1ccc(C)cc1OCC(F)(F)F.I. The minimum Gasteiger partial charge on any atom is -0.484 e. The van der Waals surface area contributed by atoms with Crippen molar-refractivity contribution in [3.8, 4) is 5.75 Å². The van der Waals surface area contributed by atoms with Crippen LogP contribution >= 0.6 is 24.0 Å². The van der Waals surface area contributed by atoms with Crippen molar-refractivity contribution in [3.05, 3.63) is 64.7 Å². The summed E-state index contributed by atoms with van der Waals surface area (Å²) in [5.41, 5.74) is 2.06. The van der Waals surface area contributed by atoms with Gasteiger partial charge in [0.25, 0.3) is 11.8 Å². The van der Waals surface area contributed by atoms with Crippen LogP contribution in [0.5, 0.6) is 5.75 Å². The molecule has 1 aliphatic rings. The number of fused-ring (bicyclic) bond motifs is 1. The molecule has 7 nitrogen and oxygen atoms in total. The maximum atomic E-state index is 12.5. The number of nitrogens with zero attached hydrogens (tertiary/aromatic N) is 2. The van der Waals surface area contributed by atoms with Crippen LogP contribution in [0, 0.1) is 6.92 Å². The number of hydrogen-bond donors (Lipinski definition) is 2. The monoisotopic (exact) mass is 576 g/mol. The van der Waals surface area contributed by atoms with E-state index < -0.39 is 12.8 Å². The van der Waals surface area contributed by atoms with E-state index in [-0.39, 0.29) is 61.2 Å². The second kappa shape index (κ2) is 11.3. The Morgan fingerprint density at radius 1 is 1.06 bits per heavy atom. The number of amides is 2. The predicted octanol–water partition coefficient (Wildman–Crippen LogP) is 3.52. The van der Waals surface area contributed by atoms with E-state index in [0.29, 0.717) is 22.6 Å². The third-order valence-electron chi connectivity index (χ3n) is 4.79. The first kappa shape index (κ1) is 26.4. The van der Waals surface area contributed by atoms with E-state index >= 15 is 0 Å². The van der Waals surface area contributed by atoms with E-state index in [1.165, 1.54) is 7.05 Å². The highest BCUT2D eigenvalue weighted by Crippen LogP contribution is 2.24. The van der Waals surface area contributed by atoms with Crippen molar-refractivity contribution < 1.29 is 27.5 Å². The molecule has 33 heavy (non-hydrogen) atoms. The molecule has 1 heterocycles. The standard InChI is InChI=1S/C22H23F3N4O3.HI/c1-14-7-8-15(18(11-14)32-13-22(23,24)25)12-28-21(26-2)27-9-10-29-19(30)16-5-3-4-6-17(16)20(29)31;/h3-8,11H,9-10,12-13H2,1-2H3,(H2,26,27,28);1H. The van der Waals surface area contributed by atoms with Gasteiger partial charge in [-0.15, -0.1) is 24.0 Å². The van der Waals surface area contributed by atoms with Gasteiger partial charge in [-0.25, -0.2) is 0 Å². The molecule has 0 fully saturated rings. The fourth-order valence-corrected chi connectivity index (χ4v) is 3.23. The van der Waals surface area contributed by atoms with Gasteiger partial charge in [0.05, 0.1) is 11.1 Å². The van der Waals surface area contributed by atoms with Crippen molar-refractivity contribution in [2.75, 3.05) is 26.7 Å². The minimum atomic E-state index is -4.43. The molecule has 0 saturated heterocycles. The number of benzene rings is 2. The Bertz CT molecular complexity index is 1010. The van der Waals surface area contributed by atoms with Crippen LogP contribution in [-0.2, 0) is 6.54 Å². The molecule has 2 aromatic rings. The summed E-state index contributed by atoms with van der Waals surface area (Å²) < 4.78 is 42.5. The topological polar surface area (TPSA) is 83.0 Å². The average Bonchev–Trinajstić information content (AvgIpc) is 3.00. The van der Waals surface area contributed by atoms with Gasteiger partial charge in [0.1, 0.15) is 5.75 Å². The molecule has 3 rings (SSSR count). The summed E-state index contributed by atoms with van der Waals surface area (Å²) in [6.07, 6.45) is -4.43. The van der Waals surface area contributed by atoms with Crippen LogP contribution in [-0.4, -0.2) is 55.6 Å². The third-order valence-corrected chi connectivity index (χ3v) is 4.79. The molecule has 178 valence electrons. The van der Waals surface area contributed by atoms with E-state index in [1.54, 1.807) is 49.4 Å². The predicted molar refractivity (Wildman–Crippen MR) is 128 cm³/mol. The molecular formula is C22H24F3IN4O3. The fraction of sp³-hybridized carbons (Fsp3) is 0.318. The molecule has 2 N–H and O–H groups in total. The molecule has 2 aromatic carbocycles. The van der Waals surface area contributed by atoms with Gasteiger partial charge in [0, 0.05) is 32.2 Å². The van der Waals surface area contributed by atoms with Crippen molar-refractivity contribution in [2.24, 2.45) is 4.99 Å². The Kier molecular flexibility index (Phi) is 9.08. The molecule has 0 radical (unpaired) electrons. The molecule has 0 aliphatic carbocycles. The van der Waals surface area contributed by atoms with Crippen LogP contribution in [0.25, 0.3) is 0 Å². The Morgan fingerprint density at radius 2 is 1.70 bits per heavy atom. The second-order valence-electron chi connectivity index (χ2n) is 7.18. The van der Waals surface area contributed by atoms with E-state index in [2.05, 4.69) is 15.6 Å². The van der Waals surface area contributed by atoms with E-state index in [4.69, 9.17) is 4.74 Å². The summed E-state index contributed by atoms with van der Waals surface area (Å²) in [4.78, 5) is 30.0. The first-order valence-electron chi connectivity index (χ1n) is 9.88. The summed E-state index contributed by atoms with van der Waals surface area (Å²) in [6, 6.07) is 11.6. The molecule has 0 spiro atoms. The first-order chi connectivity index (χ1) is 15.2. The highest BCUT2D eigenvalue weighted by molar-refractivity contribution is 14.0. The highest BCUT2D eigenvalue weighted by Gasteiger charge is 2.34. The summed E-state index contributed by atoms with van der Waals surface area (Å²) in [5, 5.41) is 5.99. The van der Waals surface area contributed by atoms with Gasteiger partial charge >= 0.3 is 6.18 Å². The van der Waals surface area contributed by atoms with Crippen LogP contribution in [0.3, 0.4) is 0 Å². The van der Waals surface area contributed by atoms with E-state index in [0.717, 1.165) is 10.5 Å². The van der Waals surface area contributed by atoms with Crippen LogP contribution in [0.2, 0.25) is 0 Å². The lowest BCUT2D eigenvalue weighted by Gasteiger charge is -2.18. The van der Waals surface area contributed by atoms with Crippen molar-refractivity contribution in [2.45, 2.75) is 19.6 Å². The van der Waals surface area contributed by atoms with Crippen molar-refractivity contribution in [1.29, 1.82) is 0 Å². The van der Waals surface area contributed by atoms with Crippen LogP contribution in [0.4, 0.5) is 13.2 Å². The molecule has 11 heteroatoms. The van der Waals surface area contributed by atoms with E-state index in [1.807, 2.05) is 0 Å². The lowest BCUT2D eigenvalue weighted by Crippen LogP contribution is -2.42. The number of rotatable bonds is 7. The number of halogens is 4. The van der Waals surface area contributed by atoms with Crippen LogP contribution in [0.1, 0.15) is 31.8 Å². The molecule has 2 amide bonds. The number of guanidine groups is 1. The summed E-state index contributed by atoms with van der Waals surface area (Å²) in [6.45, 7) is 0.933. The first-order valence-corrected chi connectivity index (χ1v) is 9.88. The summed E-state index contributed by atoms with van der Waals surface area (Å²) in [5.74, 6) is -0.192. The van der Waals surface area contributed by atoms with E-state index in [9.17, 15) is 22.8 Å². The van der Waals surface area contributed by atoms with Gasteiger partial charge in [-0.2, -0.15) is 13.2 Å². The van der Waals surface area contributed by atoms with Crippen LogP contribution in [0.15, 0.2) is 47.5 Å². The van der Waals surface area contributed by atoms with Crippen molar-refractivity contribution >= 4 is 41.8 Å². The molecular weight excluding hydrogens is 552 g/mol. The molecule has 0 aromatic heterocycles. The number of aryl methyl sites for hydroxylation is 1. The Morgan fingerprint density at radius 3 is 2.27 bits per heavy atom. The van der Waals surface area contributed by atoms with Gasteiger partial charge in [0.2, 0.25) is 0 Å². The van der Waals surface area contributed by atoms with Gasteiger partial charge in [-0.05, 0) is 30.7 Å². The summed E-state index contributed by atoms with van der Waals surface area (Å²) >= 11 is 0. The zero-order valence-corrected chi connectivity index (χ0v) is 20.4. The molecule has 0 unspecified atom stereocenters. The zero-order chi connectivity index (χ0) is 23.3. The number of nitrogens with one attached hydrogen (secondary N) is 2. The molecule has 0 saturated carbocycles. The minimum absolute atomic E-state index is 0. The smallest absolute Gasteiger partial charge is 0.422 e. The molecule has 0 atom stereocenters. The lowest BCUT2D eigenvalue weighted by molar-refractivity contribution is -0.153. The van der Waals surface area contributed by atoms with Crippen molar-refractivity contribution in [1.82, 2.24) is 15.5 Å². The maximum Gasteiger partial charge on any atom is 0.422 e. The molecule has 0 bridgehead atoms. The van der Waals surface area contributed by atoms with Gasteiger partial charge in [-0.3, -0.25) is 19.5 Å². The van der Waals surface area contributed by atoms with Crippen molar-refractivity contribution in [3.63, 3.8) is 0 Å². The number of hydrogen-bond acceptors (Lipinski definition) is 4. The number of carbonyl (C=O) groups is 2. The lowest BCUT2D eigenvalue weighted by atomic mass is 10.1. The normalized spacial score (nSPS) is 13.5. The van der Waals surface area contributed by atoms with Gasteiger partial charge in [-0.1, -0.05) is 24.3 Å².